The van der Waals surface area contributed by atoms with Crippen molar-refractivity contribution < 1.29 is 4.79 Å². The molecule has 0 aliphatic rings. The zero-order chi connectivity index (χ0) is 18.0. The van der Waals surface area contributed by atoms with Crippen LogP contribution >= 0.6 is 0 Å². The van der Waals surface area contributed by atoms with E-state index in [1.807, 2.05) is 52.2 Å². The maximum absolute atomic E-state index is 13.0. The Morgan fingerprint density at radius 2 is 2.00 bits per heavy atom. The summed E-state index contributed by atoms with van der Waals surface area (Å²) in [6, 6.07) is 7.80. The summed E-state index contributed by atoms with van der Waals surface area (Å²) in [4.78, 5) is 27.8. The van der Waals surface area contributed by atoms with Gasteiger partial charge in [0.15, 0.2) is 0 Å². The van der Waals surface area contributed by atoms with Crippen molar-refractivity contribution in [1.82, 2.24) is 19.9 Å². The lowest BCUT2D eigenvalue weighted by Crippen LogP contribution is -2.37. The quantitative estimate of drug-likeness (QED) is 0.734. The SMILES string of the molecule is Cc1ccnc(CC(C)N(C)C(=O)c2cc3cnccc3nc2C)c1. The van der Waals surface area contributed by atoms with Crippen LogP contribution in [0.5, 0.6) is 0 Å². The molecule has 0 bridgehead atoms. The molecule has 25 heavy (non-hydrogen) atoms. The van der Waals surface area contributed by atoms with Crippen molar-refractivity contribution in [3.05, 3.63) is 65.4 Å². The smallest absolute Gasteiger partial charge is 0.255 e. The van der Waals surface area contributed by atoms with Crippen LogP contribution in [0.2, 0.25) is 0 Å². The molecular formula is C20H22N4O. The Balaban J connectivity index is 1.83. The topological polar surface area (TPSA) is 59.0 Å². The molecular weight excluding hydrogens is 312 g/mol. The predicted octanol–water partition coefficient (Wildman–Crippen LogP) is 3.34. The van der Waals surface area contributed by atoms with Crippen molar-refractivity contribution in [3.63, 3.8) is 0 Å². The van der Waals surface area contributed by atoms with Gasteiger partial charge in [0.25, 0.3) is 5.91 Å². The van der Waals surface area contributed by atoms with Gasteiger partial charge in [-0.25, -0.2) is 0 Å². The highest BCUT2D eigenvalue weighted by Gasteiger charge is 2.21. The summed E-state index contributed by atoms with van der Waals surface area (Å²) in [5.74, 6) is -0.0316. The van der Waals surface area contributed by atoms with Crippen molar-refractivity contribution in [2.24, 2.45) is 0 Å². The molecule has 3 heterocycles. The first-order valence-corrected chi connectivity index (χ1v) is 8.36. The van der Waals surface area contributed by atoms with Crippen LogP contribution in [0.4, 0.5) is 0 Å². The van der Waals surface area contributed by atoms with E-state index in [-0.39, 0.29) is 11.9 Å². The number of likely N-dealkylation sites (N-methyl/N-ethyl adjacent to an activating group) is 1. The maximum Gasteiger partial charge on any atom is 0.255 e. The molecule has 128 valence electrons. The van der Waals surface area contributed by atoms with Crippen LogP contribution in [0, 0.1) is 13.8 Å². The van der Waals surface area contributed by atoms with Gasteiger partial charge in [0, 0.05) is 49.2 Å². The minimum absolute atomic E-state index is 0.0316. The van der Waals surface area contributed by atoms with Gasteiger partial charge in [-0.2, -0.15) is 0 Å². The number of aryl methyl sites for hydroxylation is 2. The molecule has 5 nitrogen and oxygen atoms in total. The molecule has 0 aliphatic carbocycles. The number of rotatable bonds is 4. The van der Waals surface area contributed by atoms with E-state index in [9.17, 15) is 4.79 Å². The third-order valence-corrected chi connectivity index (χ3v) is 4.49. The van der Waals surface area contributed by atoms with Gasteiger partial charge in [-0.05, 0) is 50.6 Å². The Bertz CT molecular complexity index is 922. The van der Waals surface area contributed by atoms with Crippen LogP contribution in [0.3, 0.4) is 0 Å². The molecule has 1 atom stereocenters. The Kier molecular flexibility index (Phi) is 4.74. The van der Waals surface area contributed by atoms with Crippen LogP contribution in [0.25, 0.3) is 10.9 Å². The second kappa shape index (κ2) is 6.97. The molecule has 1 amide bonds. The van der Waals surface area contributed by atoms with E-state index in [0.717, 1.165) is 22.3 Å². The van der Waals surface area contributed by atoms with Gasteiger partial charge in [0.05, 0.1) is 16.8 Å². The molecule has 0 radical (unpaired) electrons. The highest BCUT2D eigenvalue weighted by Crippen LogP contribution is 2.18. The van der Waals surface area contributed by atoms with E-state index in [0.29, 0.717) is 12.0 Å². The van der Waals surface area contributed by atoms with Crippen molar-refractivity contribution in [3.8, 4) is 0 Å². The molecule has 0 spiro atoms. The fourth-order valence-electron chi connectivity index (χ4n) is 2.87. The van der Waals surface area contributed by atoms with E-state index in [2.05, 4.69) is 21.0 Å². The average Bonchev–Trinajstić information content (AvgIpc) is 2.60. The summed E-state index contributed by atoms with van der Waals surface area (Å²) in [6.45, 7) is 5.95. The Morgan fingerprint density at radius 1 is 1.20 bits per heavy atom. The number of amides is 1. The summed E-state index contributed by atoms with van der Waals surface area (Å²) in [5.41, 5.74) is 4.37. The molecule has 0 aliphatic heterocycles. The first-order valence-electron chi connectivity index (χ1n) is 8.36. The van der Waals surface area contributed by atoms with Crippen LogP contribution in [0.1, 0.15) is 34.2 Å². The molecule has 1 unspecified atom stereocenters. The Morgan fingerprint density at radius 3 is 2.76 bits per heavy atom. The molecule has 3 aromatic heterocycles. The number of carbonyl (C=O) groups excluding carboxylic acids is 1. The molecule has 5 heteroatoms. The summed E-state index contributed by atoms with van der Waals surface area (Å²) in [5, 5.41) is 0.873. The standard InChI is InChI=1S/C20H22N4O/c1-13-5-8-22-17(9-13)10-14(2)24(4)20(25)18-11-16-12-21-7-6-19(16)23-15(18)3/h5-9,11-12,14H,10H2,1-4H3. The van der Waals surface area contributed by atoms with E-state index >= 15 is 0 Å². The lowest BCUT2D eigenvalue weighted by molar-refractivity contribution is 0.0742. The number of hydrogen-bond donors (Lipinski definition) is 0. The van der Waals surface area contributed by atoms with Crippen LogP contribution in [-0.2, 0) is 6.42 Å². The highest BCUT2D eigenvalue weighted by atomic mass is 16.2. The van der Waals surface area contributed by atoms with Gasteiger partial charge >= 0.3 is 0 Å². The van der Waals surface area contributed by atoms with Crippen molar-refractivity contribution in [2.45, 2.75) is 33.2 Å². The van der Waals surface area contributed by atoms with Crippen molar-refractivity contribution in [1.29, 1.82) is 0 Å². The fraction of sp³-hybridized carbons (Fsp3) is 0.300. The van der Waals surface area contributed by atoms with E-state index in [1.165, 1.54) is 5.56 Å². The van der Waals surface area contributed by atoms with Gasteiger partial charge in [0.1, 0.15) is 0 Å². The number of pyridine rings is 3. The normalized spacial score (nSPS) is 12.2. The van der Waals surface area contributed by atoms with Gasteiger partial charge in [0.2, 0.25) is 0 Å². The fourth-order valence-corrected chi connectivity index (χ4v) is 2.87. The van der Waals surface area contributed by atoms with E-state index in [4.69, 9.17) is 0 Å². The van der Waals surface area contributed by atoms with Crippen molar-refractivity contribution >= 4 is 16.8 Å². The minimum Gasteiger partial charge on any atom is -0.339 e. The number of fused-ring (bicyclic) bond motifs is 1. The number of aromatic nitrogens is 3. The van der Waals surface area contributed by atoms with Gasteiger partial charge in [-0.3, -0.25) is 19.7 Å². The third kappa shape index (κ3) is 3.65. The highest BCUT2D eigenvalue weighted by molar-refractivity contribution is 5.98. The lowest BCUT2D eigenvalue weighted by atomic mass is 10.1. The minimum atomic E-state index is -0.0316. The molecule has 3 aromatic rings. The van der Waals surface area contributed by atoms with Gasteiger partial charge in [-0.1, -0.05) is 0 Å². The van der Waals surface area contributed by atoms with Crippen LogP contribution < -0.4 is 0 Å². The van der Waals surface area contributed by atoms with E-state index in [1.54, 1.807) is 17.3 Å². The first kappa shape index (κ1) is 17.0. The number of nitrogens with zero attached hydrogens (tertiary/aromatic N) is 4. The number of carbonyl (C=O) groups is 1. The predicted molar refractivity (Wildman–Crippen MR) is 98.5 cm³/mol. The molecule has 3 rings (SSSR count). The summed E-state index contributed by atoms with van der Waals surface area (Å²) < 4.78 is 0. The molecule has 0 aromatic carbocycles. The monoisotopic (exact) mass is 334 g/mol. The number of hydrogen-bond acceptors (Lipinski definition) is 4. The van der Waals surface area contributed by atoms with Crippen molar-refractivity contribution in [2.75, 3.05) is 7.05 Å². The first-order chi connectivity index (χ1) is 12.0. The van der Waals surface area contributed by atoms with Gasteiger partial charge < -0.3 is 4.90 Å². The average molecular weight is 334 g/mol. The summed E-state index contributed by atoms with van der Waals surface area (Å²) in [6.07, 6.45) is 5.97. The second-order valence-corrected chi connectivity index (χ2v) is 6.48. The van der Waals surface area contributed by atoms with Gasteiger partial charge in [-0.15, -0.1) is 0 Å². The van der Waals surface area contributed by atoms with Crippen LogP contribution in [-0.4, -0.2) is 38.8 Å². The summed E-state index contributed by atoms with van der Waals surface area (Å²) in [7, 11) is 1.83. The zero-order valence-electron chi connectivity index (χ0n) is 15.0. The molecule has 0 saturated carbocycles. The Labute approximate surface area is 147 Å². The largest absolute Gasteiger partial charge is 0.339 e. The summed E-state index contributed by atoms with van der Waals surface area (Å²) >= 11 is 0. The third-order valence-electron chi connectivity index (χ3n) is 4.49. The molecule has 0 N–H and O–H groups in total. The maximum atomic E-state index is 13.0. The van der Waals surface area contributed by atoms with Crippen LogP contribution in [0.15, 0.2) is 42.9 Å². The second-order valence-electron chi connectivity index (χ2n) is 6.48. The molecule has 0 saturated heterocycles. The lowest BCUT2D eigenvalue weighted by Gasteiger charge is -2.25. The van der Waals surface area contributed by atoms with E-state index < -0.39 is 0 Å². The molecule has 0 fully saturated rings. The Hall–Kier alpha value is -2.82. The zero-order valence-corrected chi connectivity index (χ0v) is 15.0.